The Bertz CT molecular complexity index is 432. The zero-order chi connectivity index (χ0) is 13.1. The number of benzene rings is 1. The number of hydrogen-bond acceptors (Lipinski definition) is 2. The van der Waals surface area contributed by atoms with Gasteiger partial charge in [-0.1, -0.05) is 19.1 Å². The van der Waals surface area contributed by atoms with E-state index in [1.54, 1.807) is 6.92 Å². The number of carbonyl (C=O) groups is 1. The highest BCUT2D eigenvalue weighted by Gasteiger charge is 2.23. The Kier molecular flexibility index (Phi) is 3.87. The van der Waals surface area contributed by atoms with Gasteiger partial charge in [0.1, 0.15) is 0 Å². The number of aliphatic hydroxyl groups excluding tert-OH is 1. The van der Waals surface area contributed by atoms with Crippen LogP contribution in [0.1, 0.15) is 31.9 Å². The number of nitrogens with one attached hydrogen (secondary N) is 1. The second-order valence-electron chi connectivity index (χ2n) is 5.07. The molecule has 18 heavy (non-hydrogen) atoms. The molecule has 1 aromatic carbocycles. The van der Waals surface area contributed by atoms with Crippen LogP contribution < -0.4 is 5.32 Å². The predicted octanol–water partition coefficient (Wildman–Crippen LogP) is 2.61. The lowest BCUT2D eigenvalue weighted by Crippen LogP contribution is -2.32. The van der Waals surface area contributed by atoms with Gasteiger partial charge >= 0.3 is 6.03 Å². The number of urea groups is 1. The number of hydrogen-bond donors (Lipinski definition) is 2. The highest BCUT2D eigenvalue weighted by molar-refractivity contribution is 5.89. The minimum absolute atomic E-state index is 0.0536. The van der Waals surface area contributed by atoms with Crippen LogP contribution >= 0.6 is 0 Å². The topological polar surface area (TPSA) is 52.6 Å². The third-order valence-electron chi connectivity index (χ3n) is 3.33. The predicted molar refractivity (Wildman–Crippen MR) is 71.4 cm³/mol. The quantitative estimate of drug-likeness (QED) is 0.845. The van der Waals surface area contributed by atoms with Gasteiger partial charge in [0.05, 0.1) is 6.10 Å². The van der Waals surface area contributed by atoms with E-state index in [4.69, 9.17) is 0 Å². The first-order valence-corrected chi connectivity index (χ1v) is 6.40. The maximum atomic E-state index is 12.0. The molecule has 2 unspecified atom stereocenters. The summed E-state index contributed by atoms with van der Waals surface area (Å²) in [4.78, 5) is 13.8. The molecule has 0 spiro atoms. The molecule has 2 atom stereocenters. The molecule has 2 rings (SSSR count). The molecule has 1 aliphatic rings. The Hall–Kier alpha value is -1.55. The molecule has 0 radical (unpaired) electrons. The number of likely N-dealkylation sites (tertiary alicyclic amines) is 1. The number of aliphatic hydroxyl groups is 1. The number of rotatable bonds is 2. The molecule has 0 aliphatic carbocycles. The lowest BCUT2D eigenvalue weighted by molar-refractivity contribution is 0.199. The van der Waals surface area contributed by atoms with Crippen LogP contribution in [-0.2, 0) is 0 Å². The molecule has 1 heterocycles. The van der Waals surface area contributed by atoms with Crippen molar-refractivity contribution in [1.29, 1.82) is 0 Å². The minimum Gasteiger partial charge on any atom is -0.389 e. The molecular formula is C14H20N2O2. The molecular weight excluding hydrogens is 228 g/mol. The maximum absolute atomic E-state index is 12.0. The second kappa shape index (κ2) is 5.40. The Labute approximate surface area is 108 Å². The molecule has 4 nitrogen and oxygen atoms in total. The van der Waals surface area contributed by atoms with E-state index in [0.717, 1.165) is 30.8 Å². The maximum Gasteiger partial charge on any atom is 0.321 e. The van der Waals surface area contributed by atoms with Crippen molar-refractivity contribution < 1.29 is 9.90 Å². The number of carbonyl (C=O) groups excluding carboxylic acids is 1. The van der Waals surface area contributed by atoms with Gasteiger partial charge in [0.15, 0.2) is 0 Å². The smallest absolute Gasteiger partial charge is 0.321 e. The van der Waals surface area contributed by atoms with E-state index in [1.807, 2.05) is 29.2 Å². The van der Waals surface area contributed by atoms with Crippen molar-refractivity contribution in [3.05, 3.63) is 29.8 Å². The first-order chi connectivity index (χ1) is 8.56. The van der Waals surface area contributed by atoms with Gasteiger partial charge in [0, 0.05) is 18.8 Å². The first kappa shape index (κ1) is 12.9. The number of anilines is 1. The van der Waals surface area contributed by atoms with Gasteiger partial charge in [-0.25, -0.2) is 4.79 Å². The van der Waals surface area contributed by atoms with Crippen molar-refractivity contribution in [2.45, 2.75) is 26.4 Å². The largest absolute Gasteiger partial charge is 0.389 e. The lowest BCUT2D eigenvalue weighted by atomic mass is 10.1. The zero-order valence-electron chi connectivity index (χ0n) is 10.9. The van der Waals surface area contributed by atoms with Crippen molar-refractivity contribution in [2.75, 3.05) is 18.4 Å². The first-order valence-electron chi connectivity index (χ1n) is 6.40. The molecule has 4 heteroatoms. The van der Waals surface area contributed by atoms with Gasteiger partial charge in [0.25, 0.3) is 0 Å². The normalized spacial score (nSPS) is 20.8. The van der Waals surface area contributed by atoms with Crippen molar-refractivity contribution >= 4 is 11.7 Å². The van der Waals surface area contributed by atoms with Crippen LogP contribution in [0, 0.1) is 5.92 Å². The summed E-state index contributed by atoms with van der Waals surface area (Å²) in [6, 6.07) is 7.27. The molecule has 0 bridgehead atoms. The molecule has 2 amide bonds. The summed E-state index contributed by atoms with van der Waals surface area (Å²) in [5.41, 5.74) is 1.54. The fourth-order valence-corrected chi connectivity index (χ4v) is 2.20. The molecule has 1 aromatic rings. The van der Waals surface area contributed by atoms with Crippen LogP contribution in [0.15, 0.2) is 24.3 Å². The van der Waals surface area contributed by atoms with Crippen molar-refractivity contribution in [2.24, 2.45) is 5.92 Å². The number of nitrogens with zero attached hydrogens (tertiary/aromatic N) is 1. The summed E-state index contributed by atoms with van der Waals surface area (Å²) in [6.45, 7) is 5.51. The zero-order valence-corrected chi connectivity index (χ0v) is 10.9. The van der Waals surface area contributed by atoms with Crippen LogP contribution in [0.5, 0.6) is 0 Å². The van der Waals surface area contributed by atoms with E-state index in [1.165, 1.54) is 0 Å². The summed E-state index contributed by atoms with van der Waals surface area (Å²) in [6.07, 6.45) is 0.551. The van der Waals surface area contributed by atoms with Crippen LogP contribution in [0.4, 0.5) is 10.5 Å². The van der Waals surface area contributed by atoms with Crippen molar-refractivity contribution in [3.8, 4) is 0 Å². The van der Waals surface area contributed by atoms with E-state index in [-0.39, 0.29) is 6.03 Å². The minimum atomic E-state index is -0.520. The SMILES string of the molecule is CC1CCN(C(=O)Nc2cccc(C(C)O)c2)C1. The molecule has 98 valence electrons. The third kappa shape index (κ3) is 3.01. The van der Waals surface area contributed by atoms with Crippen LogP contribution in [0.2, 0.25) is 0 Å². The summed E-state index contributed by atoms with van der Waals surface area (Å²) in [5.74, 6) is 0.583. The van der Waals surface area contributed by atoms with Crippen LogP contribution in [0.3, 0.4) is 0 Å². The Balaban J connectivity index is 2.00. The standard InChI is InChI=1S/C14H20N2O2/c1-10-6-7-16(9-10)14(18)15-13-5-3-4-12(8-13)11(2)17/h3-5,8,10-11,17H,6-7,9H2,1-2H3,(H,15,18). The van der Waals surface area contributed by atoms with E-state index in [2.05, 4.69) is 12.2 Å². The fourth-order valence-electron chi connectivity index (χ4n) is 2.20. The van der Waals surface area contributed by atoms with Gasteiger partial charge in [-0.05, 0) is 37.0 Å². The van der Waals surface area contributed by atoms with Crippen molar-refractivity contribution in [1.82, 2.24) is 4.90 Å². The summed E-state index contributed by atoms with van der Waals surface area (Å²) in [7, 11) is 0. The Morgan fingerprint density at radius 1 is 1.56 bits per heavy atom. The fraction of sp³-hybridized carbons (Fsp3) is 0.500. The molecule has 1 saturated heterocycles. The second-order valence-corrected chi connectivity index (χ2v) is 5.07. The molecule has 1 fully saturated rings. The van der Waals surface area contributed by atoms with Gasteiger partial charge in [-0.15, -0.1) is 0 Å². The van der Waals surface area contributed by atoms with Crippen LogP contribution in [-0.4, -0.2) is 29.1 Å². The highest BCUT2D eigenvalue weighted by Crippen LogP contribution is 2.19. The lowest BCUT2D eigenvalue weighted by Gasteiger charge is -2.17. The molecule has 0 saturated carbocycles. The Morgan fingerprint density at radius 2 is 2.33 bits per heavy atom. The third-order valence-corrected chi connectivity index (χ3v) is 3.33. The van der Waals surface area contributed by atoms with Crippen molar-refractivity contribution in [3.63, 3.8) is 0 Å². The van der Waals surface area contributed by atoms with E-state index in [9.17, 15) is 9.90 Å². The summed E-state index contributed by atoms with van der Waals surface area (Å²) in [5, 5.41) is 12.4. The van der Waals surface area contributed by atoms with E-state index < -0.39 is 6.10 Å². The number of amides is 2. The van der Waals surface area contributed by atoms with Gasteiger partial charge < -0.3 is 15.3 Å². The van der Waals surface area contributed by atoms with E-state index in [0.29, 0.717) is 5.92 Å². The average molecular weight is 248 g/mol. The summed E-state index contributed by atoms with van der Waals surface area (Å²) < 4.78 is 0. The Morgan fingerprint density at radius 3 is 2.94 bits per heavy atom. The average Bonchev–Trinajstić information content (AvgIpc) is 2.76. The molecule has 2 N–H and O–H groups in total. The molecule has 0 aromatic heterocycles. The van der Waals surface area contributed by atoms with E-state index >= 15 is 0 Å². The summed E-state index contributed by atoms with van der Waals surface area (Å²) >= 11 is 0. The highest BCUT2D eigenvalue weighted by atomic mass is 16.3. The van der Waals surface area contributed by atoms with Gasteiger partial charge in [-0.2, -0.15) is 0 Å². The van der Waals surface area contributed by atoms with Gasteiger partial charge in [-0.3, -0.25) is 0 Å². The molecule has 1 aliphatic heterocycles. The van der Waals surface area contributed by atoms with Gasteiger partial charge in [0.2, 0.25) is 0 Å². The van der Waals surface area contributed by atoms with Crippen LogP contribution in [0.25, 0.3) is 0 Å². The monoisotopic (exact) mass is 248 g/mol.